The van der Waals surface area contributed by atoms with Crippen LogP contribution in [0.4, 0.5) is 22.7 Å². The lowest BCUT2D eigenvalue weighted by atomic mass is 9.99. The topological polar surface area (TPSA) is 134 Å². The van der Waals surface area contributed by atoms with E-state index in [1.165, 1.54) is 24.1 Å². The molecule has 11 heteroatoms. The average molecular weight is 544 g/mol. The van der Waals surface area contributed by atoms with E-state index in [1.807, 2.05) is 30.3 Å². The molecule has 2 N–H and O–H groups in total. The third kappa shape index (κ3) is 5.84. The second-order valence-corrected chi connectivity index (χ2v) is 9.33. The Hall–Kier alpha value is -5.03. The summed E-state index contributed by atoms with van der Waals surface area (Å²) in [6, 6.07) is 18.3. The third-order valence-electron chi connectivity index (χ3n) is 6.22. The first-order valence-corrected chi connectivity index (χ1v) is 12.5. The van der Waals surface area contributed by atoms with Crippen molar-refractivity contribution in [3.8, 4) is 0 Å². The molecule has 0 spiro atoms. The van der Waals surface area contributed by atoms with E-state index in [-0.39, 0.29) is 30.4 Å². The molecular weight excluding hydrogens is 514 g/mol. The Bertz CT molecular complexity index is 1520. The van der Waals surface area contributed by atoms with Crippen LogP contribution in [0.1, 0.15) is 28.4 Å². The van der Waals surface area contributed by atoms with Crippen molar-refractivity contribution >= 4 is 51.8 Å². The molecule has 0 unspecified atom stereocenters. The van der Waals surface area contributed by atoms with E-state index >= 15 is 0 Å². The van der Waals surface area contributed by atoms with Crippen molar-refractivity contribution < 1.29 is 24.0 Å². The molecule has 0 aromatic heterocycles. The lowest BCUT2D eigenvalue weighted by Crippen LogP contribution is -2.35. The van der Waals surface area contributed by atoms with Crippen LogP contribution in [0.2, 0.25) is 0 Å². The van der Waals surface area contributed by atoms with Crippen LogP contribution in [0, 0.1) is 10.1 Å². The summed E-state index contributed by atoms with van der Waals surface area (Å²) in [7, 11) is 4.96. The SMILES string of the molecule is CCOC(=O)c1ccc2c(c1)NC(=O)C2=C(Nc1ccc(N(C)C(=O)CN(C)C)c([N+](=O)[O-])c1)c1ccccc1. The maximum Gasteiger partial charge on any atom is 0.338 e. The second kappa shape index (κ2) is 11.8. The minimum absolute atomic E-state index is 0.0876. The van der Waals surface area contributed by atoms with Gasteiger partial charge in [-0.05, 0) is 50.8 Å². The number of ether oxygens (including phenoxy) is 1. The number of nitro benzene ring substituents is 1. The summed E-state index contributed by atoms with van der Waals surface area (Å²) >= 11 is 0. The highest BCUT2D eigenvalue weighted by atomic mass is 16.6. The van der Waals surface area contributed by atoms with Gasteiger partial charge in [-0.25, -0.2) is 4.79 Å². The highest BCUT2D eigenvalue weighted by Crippen LogP contribution is 2.39. The van der Waals surface area contributed by atoms with Gasteiger partial charge in [-0.2, -0.15) is 0 Å². The Morgan fingerprint density at radius 1 is 1.00 bits per heavy atom. The third-order valence-corrected chi connectivity index (χ3v) is 6.22. The van der Waals surface area contributed by atoms with Gasteiger partial charge in [0.2, 0.25) is 5.91 Å². The standard InChI is InChI=1S/C29H29N5O6/c1-5-40-29(37)19-11-13-21-22(15-19)31-28(36)26(21)27(18-9-7-6-8-10-18)30-20-12-14-23(24(16-20)34(38)39)33(4)25(35)17-32(2)3/h6-16,30H,5,17H2,1-4H3,(H,31,36). The Balaban J connectivity index is 1.79. The summed E-state index contributed by atoms with van der Waals surface area (Å²) in [6.07, 6.45) is 0. The molecule has 0 saturated heterocycles. The molecule has 11 nitrogen and oxygen atoms in total. The quantitative estimate of drug-likeness (QED) is 0.177. The molecule has 1 aliphatic rings. The van der Waals surface area contributed by atoms with E-state index in [9.17, 15) is 24.5 Å². The van der Waals surface area contributed by atoms with E-state index < -0.39 is 16.8 Å². The first kappa shape index (κ1) is 28.0. The average Bonchev–Trinajstić information content (AvgIpc) is 3.26. The predicted octanol–water partition coefficient (Wildman–Crippen LogP) is 4.23. The number of nitro groups is 1. The molecule has 3 aromatic rings. The van der Waals surface area contributed by atoms with E-state index in [4.69, 9.17) is 4.74 Å². The van der Waals surface area contributed by atoms with Crippen molar-refractivity contribution in [2.24, 2.45) is 0 Å². The fourth-order valence-electron chi connectivity index (χ4n) is 4.33. The zero-order valence-electron chi connectivity index (χ0n) is 22.6. The van der Waals surface area contributed by atoms with Gasteiger partial charge in [-0.1, -0.05) is 36.4 Å². The lowest BCUT2D eigenvalue weighted by molar-refractivity contribution is -0.384. The summed E-state index contributed by atoms with van der Waals surface area (Å²) in [5, 5.41) is 18.0. The van der Waals surface area contributed by atoms with Crippen LogP contribution in [0.3, 0.4) is 0 Å². The van der Waals surface area contributed by atoms with Crippen molar-refractivity contribution in [1.29, 1.82) is 0 Å². The normalized spacial score (nSPS) is 13.4. The Morgan fingerprint density at radius 2 is 1.73 bits per heavy atom. The number of likely N-dealkylation sites (N-methyl/N-ethyl adjacent to an activating group) is 2. The molecule has 206 valence electrons. The fourth-order valence-corrected chi connectivity index (χ4v) is 4.33. The van der Waals surface area contributed by atoms with Gasteiger partial charge in [0.05, 0.1) is 40.6 Å². The van der Waals surface area contributed by atoms with Crippen molar-refractivity contribution in [2.45, 2.75) is 6.92 Å². The number of carbonyl (C=O) groups excluding carboxylic acids is 3. The number of carbonyl (C=O) groups is 3. The molecule has 0 bridgehead atoms. The second-order valence-electron chi connectivity index (χ2n) is 9.33. The minimum atomic E-state index is -0.552. The summed E-state index contributed by atoms with van der Waals surface area (Å²) in [5.74, 6) is -1.20. The molecule has 3 aromatic carbocycles. The van der Waals surface area contributed by atoms with Gasteiger partial charge in [-0.15, -0.1) is 0 Å². The number of nitrogens with zero attached hydrogens (tertiary/aromatic N) is 3. The Morgan fingerprint density at radius 3 is 2.38 bits per heavy atom. The number of esters is 1. The van der Waals surface area contributed by atoms with Crippen molar-refractivity contribution in [3.63, 3.8) is 0 Å². The maximum absolute atomic E-state index is 13.2. The fraction of sp³-hybridized carbons (Fsp3) is 0.207. The van der Waals surface area contributed by atoms with Gasteiger partial charge in [0, 0.05) is 24.4 Å². The number of anilines is 3. The molecule has 0 radical (unpaired) electrons. The molecule has 1 aliphatic heterocycles. The summed E-state index contributed by atoms with van der Waals surface area (Å²) in [6.45, 7) is 2.02. The van der Waals surface area contributed by atoms with Gasteiger partial charge in [0.1, 0.15) is 5.69 Å². The molecule has 0 aliphatic carbocycles. The van der Waals surface area contributed by atoms with E-state index in [2.05, 4.69) is 10.6 Å². The lowest BCUT2D eigenvalue weighted by Gasteiger charge is -2.20. The van der Waals surface area contributed by atoms with Crippen molar-refractivity contribution in [3.05, 3.63) is 93.5 Å². The Labute approximate surface area is 231 Å². The zero-order valence-corrected chi connectivity index (χ0v) is 22.6. The summed E-state index contributed by atoms with van der Waals surface area (Å²) < 4.78 is 5.07. The van der Waals surface area contributed by atoms with Gasteiger partial charge in [-0.3, -0.25) is 19.7 Å². The molecule has 0 fully saturated rings. The number of hydrogen-bond donors (Lipinski definition) is 2. The number of rotatable bonds is 9. The smallest absolute Gasteiger partial charge is 0.338 e. The van der Waals surface area contributed by atoms with Crippen LogP contribution in [0.5, 0.6) is 0 Å². The van der Waals surface area contributed by atoms with Gasteiger partial charge in [0.25, 0.3) is 11.6 Å². The highest BCUT2D eigenvalue weighted by molar-refractivity contribution is 6.37. The van der Waals surface area contributed by atoms with Gasteiger partial charge >= 0.3 is 5.97 Å². The van der Waals surface area contributed by atoms with Crippen LogP contribution in [-0.2, 0) is 14.3 Å². The number of amides is 2. The molecular formula is C29H29N5O6. The van der Waals surface area contributed by atoms with E-state index in [0.29, 0.717) is 39.3 Å². The molecule has 0 atom stereocenters. The largest absolute Gasteiger partial charge is 0.462 e. The number of benzene rings is 3. The summed E-state index contributed by atoms with van der Waals surface area (Å²) in [5.41, 5.74) is 2.92. The Kier molecular flexibility index (Phi) is 8.25. The monoisotopic (exact) mass is 543 g/mol. The highest BCUT2D eigenvalue weighted by Gasteiger charge is 2.30. The van der Waals surface area contributed by atoms with Crippen LogP contribution < -0.4 is 15.5 Å². The van der Waals surface area contributed by atoms with Crippen molar-refractivity contribution in [2.75, 3.05) is 49.8 Å². The number of nitrogens with one attached hydrogen (secondary N) is 2. The first-order valence-electron chi connectivity index (χ1n) is 12.5. The first-order chi connectivity index (χ1) is 19.1. The van der Waals surface area contributed by atoms with Crippen LogP contribution in [0.15, 0.2) is 66.7 Å². The van der Waals surface area contributed by atoms with E-state index in [1.54, 1.807) is 50.2 Å². The molecule has 2 amide bonds. The maximum atomic E-state index is 13.2. The molecule has 40 heavy (non-hydrogen) atoms. The van der Waals surface area contributed by atoms with Crippen LogP contribution >= 0.6 is 0 Å². The van der Waals surface area contributed by atoms with Crippen LogP contribution in [0.25, 0.3) is 11.3 Å². The van der Waals surface area contributed by atoms with Gasteiger partial charge < -0.3 is 25.2 Å². The predicted molar refractivity (Wildman–Crippen MR) is 153 cm³/mol. The van der Waals surface area contributed by atoms with Gasteiger partial charge in [0.15, 0.2) is 0 Å². The molecule has 4 rings (SSSR count). The zero-order chi connectivity index (χ0) is 29.0. The summed E-state index contributed by atoms with van der Waals surface area (Å²) in [4.78, 5) is 52.4. The molecule has 1 heterocycles. The molecule has 0 saturated carbocycles. The van der Waals surface area contributed by atoms with E-state index in [0.717, 1.165) is 0 Å². The minimum Gasteiger partial charge on any atom is -0.462 e. The van der Waals surface area contributed by atoms with Crippen molar-refractivity contribution in [1.82, 2.24) is 4.90 Å². The van der Waals surface area contributed by atoms with Crippen LogP contribution in [-0.4, -0.2) is 61.9 Å². The number of fused-ring (bicyclic) bond motifs is 1. The number of hydrogen-bond acceptors (Lipinski definition) is 8.